The van der Waals surface area contributed by atoms with Gasteiger partial charge in [-0.05, 0) is 49.9 Å². The summed E-state index contributed by atoms with van der Waals surface area (Å²) in [7, 11) is 0. The van der Waals surface area contributed by atoms with Gasteiger partial charge in [0.2, 0.25) is 5.91 Å². The first kappa shape index (κ1) is 25.9. The van der Waals surface area contributed by atoms with Gasteiger partial charge in [0, 0.05) is 74.9 Å². The third-order valence-corrected chi connectivity index (χ3v) is 7.65. The number of hydrogen-bond donors (Lipinski definition) is 2. The number of amides is 2. The largest absolute Gasteiger partial charge is 0.381 e. The molecule has 0 spiro atoms. The predicted molar refractivity (Wildman–Crippen MR) is 152 cm³/mol. The zero-order valence-electron chi connectivity index (χ0n) is 22.5. The smallest absolute Gasteiger partial charge is 0.256 e. The van der Waals surface area contributed by atoms with Crippen molar-refractivity contribution >= 4 is 29.0 Å². The second kappa shape index (κ2) is 11.4. The Hall–Kier alpha value is -4.31. The summed E-state index contributed by atoms with van der Waals surface area (Å²) >= 11 is 0. The van der Waals surface area contributed by atoms with E-state index >= 15 is 0 Å². The normalized spacial score (nSPS) is 18.8. The van der Waals surface area contributed by atoms with E-state index in [1.807, 2.05) is 36.2 Å². The van der Waals surface area contributed by atoms with E-state index in [1.54, 1.807) is 36.7 Å². The second-order valence-electron chi connectivity index (χ2n) is 10.3. The molecule has 10 heteroatoms. The first-order valence-electron chi connectivity index (χ1n) is 13.9. The molecule has 40 heavy (non-hydrogen) atoms. The summed E-state index contributed by atoms with van der Waals surface area (Å²) in [5, 5.41) is 6.19. The molecular formula is C30H33N7O3. The van der Waals surface area contributed by atoms with Gasteiger partial charge in [-0.2, -0.15) is 0 Å². The minimum absolute atomic E-state index is 0.116. The van der Waals surface area contributed by atoms with E-state index in [-0.39, 0.29) is 17.7 Å². The van der Waals surface area contributed by atoms with Crippen molar-refractivity contribution in [2.45, 2.75) is 32.1 Å². The van der Waals surface area contributed by atoms with Crippen molar-refractivity contribution in [1.82, 2.24) is 24.3 Å². The fourth-order valence-electron chi connectivity index (χ4n) is 5.57. The van der Waals surface area contributed by atoms with E-state index in [4.69, 9.17) is 9.72 Å². The molecule has 4 aromatic rings. The number of nitrogens with one attached hydrogen (secondary N) is 2. The van der Waals surface area contributed by atoms with Crippen LogP contribution in [0, 0.1) is 5.92 Å². The third kappa shape index (κ3) is 5.27. The molecule has 2 saturated heterocycles. The lowest BCUT2D eigenvalue weighted by Gasteiger charge is -2.18. The summed E-state index contributed by atoms with van der Waals surface area (Å²) in [4.78, 5) is 41.6. The van der Waals surface area contributed by atoms with Gasteiger partial charge in [0.05, 0.1) is 0 Å². The molecule has 0 aliphatic carbocycles. The number of ether oxygens (including phenoxy) is 1. The average molecular weight is 540 g/mol. The second-order valence-corrected chi connectivity index (χ2v) is 10.3. The molecule has 0 radical (unpaired) electrons. The number of aromatic nitrogens is 4. The van der Waals surface area contributed by atoms with E-state index in [9.17, 15) is 9.59 Å². The Bertz CT molecular complexity index is 1500. The number of anilines is 2. The summed E-state index contributed by atoms with van der Waals surface area (Å²) in [6, 6.07) is 12.8. The molecule has 2 atom stereocenters. The summed E-state index contributed by atoms with van der Waals surface area (Å²) in [5.74, 6) is 2.59. The number of nitrogens with zero attached hydrogens (tertiary/aromatic N) is 5. The Morgan fingerprint density at radius 3 is 2.70 bits per heavy atom. The first-order valence-corrected chi connectivity index (χ1v) is 13.9. The Balaban J connectivity index is 1.27. The van der Waals surface area contributed by atoms with Gasteiger partial charge in [0.15, 0.2) is 5.82 Å². The number of fused-ring (bicyclic) bond motifs is 1. The molecule has 2 fully saturated rings. The van der Waals surface area contributed by atoms with Crippen LogP contribution in [0.25, 0.3) is 16.8 Å². The molecule has 2 N–H and O–H groups in total. The Morgan fingerprint density at radius 2 is 1.95 bits per heavy atom. The van der Waals surface area contributed by atoms with E-state index in [0.717, 1.165) is 61.0 Å². The molecule has 3 aromatic heterocycles. The Labute approximate surface area is 232 Å². The number of imidazole rings is 1. The van der Waals surface area contributed by atoms with E-state index in [2.05, 4.69) is 25.0 Å². The van der Waals surface area contributed by atoms with Crippen molar-refractivity contribution < 1.29 is 14.3 Å². The SMILES string of the molecule is CCNc1nccn2c([C@@H]3CCN(C(=O)CC4CCOC4)C3)nc(-c3ccc(C(=O)Nc4ccccn4)cc3)c12. The molecule has 10 nitrogen and oxygen atoms in total. The van der Waals surface area contributed by atoms with Gasteiger partial charge in [-0.3, -0.25) is 14.0 Å². The van der Waals surface area contributed by atoms with Gasteiger partial charge in [-0.1, -0.05) is 18.2 Å². The molecule has 1 aromatic carbocycles. The molecule has 0 saturated carbocycles. The van der Waals surface area contributed by atoms with Crippen molar-refractivity contribution in [3.8, 4) is 11.3 Å². The van der Waals surface area contributed by atoms with Crippen LogP contribution >= 0.6 is 0 Å². The van der Waals surface area contributed by atoms with Crippen LogP contribution < -0.4 is 10.6 Å². The van der Waals surface area contributed by atoms with Crippen LogP contribution in [-0.4, -0.2) is 68.9 Å². The minimum Gasteiger partial charge on any atom is -0.381 e. The summed E-state index contributed by atoms with van der Waals surface area (Å²) in [5.41, 5.74) is 3.10. The van der Waals surface area contributed by atoms with Gasteiger partial charge in [-0.25, -0.2) is 15.0 Å². The zero-order valence-corrected chi connectivity index (χ0v) is 22.5. The van der Waals surface area contributed by atoms with Crippen molar-refractivity contribution in [3.05, 3.63) is 72.4 Å². The number of likely N-dealkylation sites (tertiary alicyclic amines) is 1. The lowest BCUT2D eigenvalue weighted by molar-refractivity contribution is -0.131. The van der Waals surface area contributed by atoms with Crippen LogP contribution in [0.3, 0.4) is 0 Å². The van der Waals surface area contributed by atoms with E-state index in [0.29, 0.717) is 36.9 Å². The average Bonchev–Trinajstić information content (AvgIpc) is 3.74. The molecule has 1 unspecified atom stereocenters. The number of carbonyl (C=O) groups is 2. The maximum atomic E-state index is 13.0. The van der Waals surface area contributed by atoms with Gasteiger partial charge < -0.3 is 20.3 Å². The monoisotopic (exact) mass is 539 g/mol. The van der Waals surface area contributed by atoms with E-state index in [1.165, 1.54) is 0 Å². The van der Waals surface area contributed by atoms with Gasteiger partial charge in [0.1, 0.15) is 22.9 Å². The molecule has 2 aliphatic heterocycles. The Morgan fingerprint density at radius 1 is 1.07 bits per heavy atom. The number of benzene rings is 1. The molecule has 2 aliphatic rings. The van der Waals surface area contributed by atoms with Gasteiger partial charge in [0.25, 0.3) is 5.91 Å². The quantitative estimate of drug-likeness (QED) is 0.345. The molecule has 6 rings (SSSR count). The predicted octanol–water partition coefficient (Wildman–Crippen LogP) is 4.22. The lowest BCUT2D eigenvalue weighted by atomic mass is 10.0. The number of carbonyl (C=O) groups excluding carboxylic acids is 2. The topological polar surface area (TPSA) is 114 Å². The number of pyridine rings is 1. The van der Waals surface area contributed by atoms with Crippen LogP contribution in [0.15, 0.2) is 61.1 Å². The zero-order chi connectivity index (χ0) is 27.5. The van der Waals surface area contributed by atoms with E-state index < -0.39 is 0 Å². The van der Waals surface area contributed by atoms with Crippen molar-refractivity contribution in [1.29, 1.82) is 0 Å². The van der Waals surface area contributed by atoms with Crippen LogP contribution in [0.5, 0.6) is 0 Å². The van der Waals surface area contributed by atoms with Crippen molar-refractivity contribution in [2.75, 3.05) is 43.5 Å². The first-order chi connectivity index (χ1) is 19.6. The molecule has 5 heterocycles. The standard InChI is InChI=1S/C30H33N7O3/c1-2-31-28-27-26(21-6-8-22(9-7-21)30(39)34-24-5-3-4-12-32-24)35-29(37(27)15-13-33-28)23-10-14-36(18-23)25(38)17-20-11-16-40-19-20/h3-9,12-13,15,20,23H,2,10-11,14,16-19H2,1H3,(H,31,33)(H,32,34,39)/t20?,23-/m1/s1. The van der Waals surface area contributed by atoms with Crippen LogP contribution in [0.2, 0.25) is 0 Å². The highest BCUT2D eigenvalue weighted by Crippen LogP contribution is 2.35. The molecule has 206 valence electrons. The fourth-order valence-corrected chi connectivity index (χ4v) is 5.57. The molecule has 2 amide bonds. The third-order valence-electron chi connectivity index (χ3n) is 7.65. The fraction of sp³-hybridized carbons (Fsp3) is 0.367. The highest BCUT2D eigenvalue weighted by atomic mass is 16.5. The van der Waals surface area contributed by atoms with Crippen LogP contribution in [0.1, 0.15) is 48.3 Å². The van der Waals surface area contributed by atoms with Crippen LogP contribution in [-0.2, 0) is 9.53 Å². The van der Waals surface area contributed by atoms with Gasteiger partial charge >= 0.3 is 0 Å². The van der Waals surface area contributed by atoms with Crippen LogP contribution in [0.4, 0.5) is 11.6 Å². The summed E-state index contributed by atoms with van der Waals surface area (Å²) in [6.45, 7) is 5.56. The highest BCUT2D eigenvalue weighted by molar-refractivity contribution is 6.04. The molecule has 0 bridgehead atoms. The Kier molecular flexibility index (Phi) is 7.41. The number of rotatable bonds is 8. The van der Waals surface area contributed by atoms with Gasteiger partial charge in [-0.15, -0.1) is 0 Å². The summed E-state index contributed by atoms with van der Waals surface area (Å²) in [6.07, 6.45) is 7.73. The minimum atomic E-state index is -0.226. The lowest BCUT2D eigenvalue weighted by Crippen LogP contribution is -2.30. The van der Waals surface area contributed by atoms with Crippen molar-refractivity contribution in [2.24, 2.45) is 5.92 Å². The van der Waals surface area contributed by atoms with Crippen molar-refractivity contribution in [3.63, 3.8) is 0 Å². The highest BCUT2D eigenvalue weighted by Gasteiger charge is 2.33. The molecular weight excluding hydrogens is 506 g/mol. The maximum Gasteiger partial charge on any atom is 0.256 e. The maximum absolute atomic E-state index is 13.0. The summed E-state index contributed by atoms with van der Waals surface area (Å²) < 4.78 is 7.56. The number of hydrogen-bond acceptors (Lipinski definition) is 7.